The number of carbonyl (C=O) groups is 3. The quantitative estimate of drug-likeness (QED) is 0.212. The van der Waals surface area contributed by atoms with Crippen molar-refractivity contribution in [3.05, 3.63) is 79.9 Å². The molecule has 0 spiro atoms. The van der Waals surface area contributed by atoms with Crippen molar-refractivity contribution in [1.82, 2.24) is 14.8 Å². The number of amides is 2. The van der Waals surface area contributed by atoms with E-state index in [-0.39, 0.29) is 53.8 Å². The van der Waals surface area contributed by atoms with Crippen molar-refractivity contribution >= 4 is 69.0 Å². The number of para-hydroxylation sites is 1. The number of hydrogen-bond donors (Lipinski definition) is 1. The van der Waals surface area contributed by atoms with Crippen molar-refractivity contribution in [3.8, 4) is 0 Å². The van der Waals surface area contributed by atoms with E-state index >= 15 is 0 Å². The average molecular weight is 672 g/mol. The van der Waals surface area contributed by atoms with Gasteiger partial charge in [-0.1, -0.05) is 41.4 Å². The van der Waals surface area contributed by atoms with Gasteiger partial charge in [0.1, 0.15) is 16.9 Å². The van der Waals surface area contributed by atoms with Crippen LogP contribution in [0, 0.1) is 0 Å². The number of aryl methyl sites for hydroxylation is 1. The van der Waals surface area contributed by atoms with Crippen LogP contribution in [0.25, 0.3) is 11.0 Å². The summed E-state index contributed by atoms with van der Waals surface area (Å²) in [6, 6.07) is 10.4. The second-order valence-electron chi connectivity index (χ2n) is 11.2. The van der Waals surface area contributed by atoms with Crippen LogP contribution in [-0.4, -0.2) is 78.6 Å². The lowest BCUT2D eigenvalue weighted by Crippen LogP contribution is -2.56. The van der Waals surface area contributed by atoms with E-state index in [0.717, 1.165) is 29.4 Å². The second kappa shape index (κ2) is 13.5. The number of benzene rings is 2. The molecule has 45 heavy (non-hydrogen) atoms. The van der Waals surface area contributed by atoms with Crippen LogP contribution in [0.3, 0.4) is 0 Å². The van der Waals surface area contributed by atoms with E-state index in [4.69, 9.17) is 37.1 Å². The number of methoxy groups -OCH3 is 2. The molecule has 2 aromatic carbocycles. The third-order valence-corrected chi connectivity index (χ3v) is 10.3. The van der Waals surface area contributed by atoms with Gasteiger partial charge in [-0.05, 0) is 36.6 Å². The average Bonchev–Trinajstić information content (AvgIpc) is 3.76. The summed E-state index contributed by atoms with van der Waals surface area (Å²) < 4.78 is 15.7. The van der Waals surface area contributed by atoms with Gasteiger partial charge in [0, 0.05) is 54.3 Å². The third-order valence-electron chi connectivity index (χ3n) is 8.44. The van der Waals surface area contributed by atoms with Crippen LogP contribution < -0.4 is 5.32 Å². The highest BCUT2D eigenvalue weighted by molar-refractivity contribution is 7.11. The van der Waals surface area contributed by atoms with Gasteiger partial charge in [-0.3, -0.25) is 19.3 Å². The highest BCUT2D eigenvalue weighted by Gasteiger charge is 2.43. The predicted molar refractivity (Wildman–Crippen MR) is 172 cm³/mol. The zero-order valence-electron chi connectivity index (χ0n) is 24.8. The predicted octanol–water partition coefficient (Wildman–Crippen LogP) is 5.77. The van der Waals surface area contributed by atoms with Gasteiger partial charge in [0.15, 0.2) is 0 Å². The van der Waals surface area contributed by atoms with E-state index in [2.05, 4.69) is 15.2 Å². The normalized spacial score (nSPS) is 18.7. The Morgan fingerprint density at radius 3 is 2.69 bits per heavy atom. The van der Waals surface area contributed by atoms with Gasteiger partial charge in [0.05, 0.1) is 48.4 Å². The number of furan rings is 1. The molecule has 2 aromatic heterocycles. The molecule has 0 bridgehead atoms. The first kappa shape index (κ1) is 31.5. The molecular weight excluding hydrogens is 639 g/mol. The van der Waals surface area contributed by atoms with Crippen LogP contribution in [0.4, 0.5) is 5.69 Å². The first-order chi connectivity index (χ1) is 21.7. The van der Waals surface area contributed by atoms with Crippen molar-refractivity contribution in [2.24, 2.45) is 0 Å². The van der Waals surface area contributed by atoms with Gasteiger partial charge in [-0.15, -0.1) is 11.3 Å². The summed E-state index contributed by atoms with van der Waals surface area (Å²) >= 11 is 14.8. The Balaban J connectivity index is 1.17. The zero-order valence-corrected chi connectivity index (χ0v) is 27.1. The molecule has 2 aliphatic rings. The molecule has 0 radical (unpaired) electrons. The molecule has 4 aromatic rings. The van der Waals surface area contributed by atoms with Gasteiger partial charge in [0.25, 0.3) is 5.91 Å². The maximum Gasteiger partial charge on any atom is 0.305 e. The molecule has 0 aliphatic carbocycles. The van der Waals surface area contributed by atoms with Crippen LogP contribution in [0.2, 0.25) is 10.0 Å². The first-order valence-corrected chi connectivity index (χ1v) is 16.1. The Bertz CT molecular complexity index is 1740. The largest absolute Gasteiger partial charge is 0.469 e. The summed E-state index contributed by atoms with van der Waals surface area (Å²) in [4.78, 5) is 48.4. The number of fused-ring (bicyclic) bond motifs is 1. The van der Waals surface area contributed by atoms with E-state index in [1.165, 1.54) is 24.7 Å². The number of nitrogens with zero attached hydrogens (tertiary/aromatic N) is 3. The minimum Gasteiger partial charge on any atom is -0.469 e. The van der Waals surface area contributed by atoms with Gasteiger partial charge >= 0.3 is 5.97 Å². The van der Waals surface area contributed by atoms with E-state index in [0.29, 0.717) is 45.8 Å². The van der Waals surface area contributed by atoms with Crippen LogP contribution in [0.1, 0.15) is 44.7 Å². The number of aromatic nitrogens is 1. The van der Waals surface area contributed by atoms with Crippen LogP contribution in [0.5, 0.6) is 0 Å². The summed E-state index contributed by atoms with van der Waals surface area (Å²) in [5.41, 5.74) is 1.87. The smallest absolute Gasteiger partial charge is 0.305 e. The molecule has 236 valence electrons. The van der Waals surface area contributed by atoms with E-state index in [1.54, 1.807) is 37.6 Å². The SMILES string of the molecule is COC(=O)CCc1cnc([C@@H]2C[C@H](N3CC(OC)C3)CN2C(=O)Cc2cc(Cl)c(NC(=O)c3coc4ccccc34)cc2Cl)s1. The molecule has 2 fully saturated rings. The number of likely N-dealkylation sites (tertiary alicyclic amines) is 2. The number of rotatable bonds is 10. The second-order valence-corrected chi connectivity index (χ2v) is 13.2. The minimum absolute atomic E-state index is 0.0314. The van der Waals surface area contributed by atoms with Crippen LogP contribution in [-0.2, 0) is 31.9 Å². The molecule has 2 atom stereocenters. The fraction of sp³-hybridized carbons (Fsp3) is 0.375. The summed E-state index contributed by atoms with van der Waals surface area (Å²) in [6.07, 6.45) is 4.96. The number of nitrogens with one attached hydrogen (secondary N) is 1. The Kier molecular flexibility index (Phi) is 9.44. The van der Waals surface area contributed by atoms with Gasteiger partial charge < -0.3 is 24.1 Å². The van der Waals surface area contributed by atoms with Crippen molar-refractivity contribution in [3.63, 3.8) is 0 Å². The zero-order chi connectivity index (χ0) is 31.7. The van der Waals surface area contributed by atoms with Crippen LogP contribution >= 0.6 is 34.5 Å². The van der Waals surface area contributed by atoms with E-state index in [9.17, 15) is 14.4 Å². The number of thiazole rings is 1. The van der Waals surface area contributed by atoms with Crippen molar-refractivity contribution < 1.29 is 28.3 Å². The number of anilines is 1. The van der Waals surface area contributed by atoms with Gasteiger partial charge in [-0.25, -0.2) is 4.98 Å². The van der Waals surface area contributed by atoms with E-state index < -0.39 is 0 Å². The minimum atomic E-state index is -0.385. The summed E-state index contributed by atoms with van der Waals surface area (Å²) in [5.74, 6) is -0.759. The van der Waals surface area contributed by atoms with Crippen molar-refractivity contribution in [1.29, 1.82) is 0 Å². The Hall–Kier alpha value is -3.48. The molecule has 6 rings (SSSR count). The molecule has 0 unspecified atom stereocenters. The van der Waals surface area contributed by atoms with Gasteiger partial charge in [0.2, 0.25) is 5.91 Å². The monoisotopic (exact) mass is 670 g/mol. The number of esters is 1. The first-order valence-electron chi connectivity index (χ1n) is 14.6. The molecule has 0 saturated carbocycles. The van der Waals surface area contributed by atoms with Crippen LogP contribution in [0.15, 0.2) is 53.3 Å². The Morgan fingerprint density at radius 2 is 1.91 bits per heavy atom. The number of halogens is 2. The molecule has 2 saturated heterocycles. The molecular formula is C32H32Cl2N4O6S. The Labute approximate surface area is 274 Å². The molecule has 1 N–H and O–H groups in total. The molecule has 10 nitrogen and oxygen atoms in total. The lowest BCUT2D eigenvalue weighted by molar-refractivity contribution is -0.140. The van der Waals surface area contributed by atoms with Gasteiger partial charge in [-0.2, -0.15) is 0 Å². The lowest BCUT2D eigenvalue weighted by Gasteiger charge is -2.42. The third kappa shape index (κ3) is 6.73. The summed E-state index contributed by atoms with van der Waals surface area (Å²) in [5, 5.41) is 4.91. The number of hydrogen-bond acceptors (Lipinski definition) is 9. The fourth-order valence-electron chi connectivity index (χ4n) is 5.85. The summed E-state index contributed by atoms with van der Waals surface area (Å²) in [6.45, 7) is 2.19. The van der Waals surface area contributed by atoms with Crippen molar-refractivity contribution in [2.45, 2.75) is 43.9 Å². The summed E-state index contributed by atoms with van der Waals surface area (Å²) in [7, 11) is 3.09. The van der Waals surface area contributed by atoms with Crippen molar-refractivity contribution in [2.75, 3.05) is 39.2 Å². The van der Waals surface area contributed by atoms with E-state index in [1.807, 2.05) is 17.0 Å². The topological polar surface area (TPSA) is 114 Å². The standard InChI is InChI=1S/C32H32Cl2N4O6S/c1-42-20-15-37(16-20)19-11-27(32-35-13-21(45-32)7-8-30(40)43-2)38(14-19)29(39)10-18-9-25(34)26(12-24(18)33)36-31(41)23-17-44-28-6-4-3-5-22(23)28/h3-6,9,12-13,17,19-20,27H,7-8,10-11,14-16H2,1-2H3,(H,36,41)/t19-,27-/m0/s1. The molecule has 4 heterocycles. The lowest BCUT2D eigenvalue weighted by atomic mass is 10.1. The highest BCUT2D eigenvalue weighted by Crippen LogP contribution is 2.39. The molecule has 13 heteroatoms. The fourth-order valence-corrected chi connectivity index (χ4v) is 7.36. The Morgan fingerprint density at radius 1 is 1.11 bits per heavy atom. The highest BCUT2D eigenvalue weighted by atomic mass is 35.5. The maximum atomic E-state index is 13.9. The number of ether oxygens (including phenoxy) is 2. The maximum absolute atomic E-state index is 13.9. The number of carbonyl (C=O) groups excluding carboxylic acids is 3. The molecule has 2 aliphatic heterocycles. The molecule has 2 amide bonds.